The van der Waals surface area contributed by atoms with Crippen molar-refractivity contribution in [3.63, 3.8) is 0 Å². The Kier molecular flexibility index (Phi) is 7.57. The average Bonchev–Trinajstić information content (AvgIpc) is 3.38. The zero-order valence-electron chi connectivity index (χ0n) is 19.4. The van der Waals surface area contributed by atoms with E-state index < -0.39 is 12.0 Å². The maximum atomic E-state index is 12.9. The number of aromatic nitrogens is 6. The van der Waals surface area contributed by atoms with Crippen LogP contribution < -0.4 is 5.32 Å². The van der Waals surface area contributed by atoms with Crippen LogP contribution in [-0.2, 0) is 22.4 Å². The van der Waals surface area contributed by atoms with Crippen LogP contribution in [0.2, 0.25) is 0 Å². The highest BCUT2D eigenvalue weighted by atomic mass is 16.6. The zero-order chi connectivity index (χ0) is 24.8. The lowest BCUT2D eigenvalue weighted by Crippen LogP contribution is -2.37. The van der Waals surface area contributed by atoms with Gasteiger partial charge < -0.3 is 24.8 Å². The number of methoxy groups -OCH3 is 1. The van der Waals surface area contributed by atoms with E-state index in [1.165, 1.54) is 11.8 Å². The van der Waals surface area contributed by atoms with E-state index in [1.54, 1.807) is 42.3 Å². The number of anilines is 1. The molecule has 0 bridgehead atoms. The molecule has 2 N–H and O–H groups in total. The number of nitrogens with zero attached hydrogens (tertiary/aromatic N) is 7. The number of fused-ring (bicyclic) bond motifs is 1. The van der Waals surface area contributed by atoms with Crippen molar-refractivity contribution in [3.05, 3.63) is 47.3 Å². The Morgan fingerprint density at radius 1 is 1.26 bits per heavy atom. The predicted octanol–water partition coefficient (Wildman–Crippen LogP) is 1.08. The lowest BCUT2D eigenvalue weighted by atomic mass is 10.0. The number of amides is 2. The van der Waals surface area contributed by atoms with Gasteiger partial charge in [-0.15, -0.1) is 5.10 Å². The molecule has 0 saturated heterocycles. The predicted molar refractivity (Wildman–Crippen MR) is 122 cm³/mol. The van der Waals surface area contributed by atoms with Crippen molar-refractivity contribution in [2.45, 2.75) is 25.9 Å². The van der Waals surface area contributed by atoms with E-state index in [1.807, 2.05) is 0 Å². The van der Waals surface area contributed by atoms with Crippen LogP contribution in [0.3, 0.4) is 0 Å². The SMILES string of the molecule is COCCOC(=O)N1CCc2cnc(C(=O)Nc3cccc(-c4nnnn4[C@H](C)CO)n3)cc2C1. The van der Waals surface area contributed by atoms with E-state index in [9.17, 15) is 14.7 Å². The Balaban J connectivity index is 1.46. The second-order valence-electron chi connectivity index (χ2n) is 7.96. The zero-order valence-corrected chi connectivity index (χ0v) is 19.4. The maximum Gasteiger partial charge on any atom is 0.410 e. The van der Waals surface area contributed by atoms with Crippen molar-refractivity contribution < 1.29 is 24.2 Å². The van der Waals surface area contributed by atoms with Crippen LogP contribution in [0.25, 0.3) is 11.5 Å². The standard InChI is InChI=1S/C22H26N8O5/c1-14(13-31)30-20(26-27-28-30)17-4-3-5-19(24-17)25-21(32)18-10-16-12-29(7-6-15(16)11-23-18)22(33)35-9-8-34-2/h3-5,10-11,14,31H,6-9,12-13H2,1-2H3,(H,24,25,32)/t14-/m1/s1. The van der Waals surface area contributed by atoms with Crippen LogP contribution in [0, 0.1) is 0 Å². The highest BCUT2D eigenvalue weighted by Gasteiger charge is 2.24. The van der Waals surface area contributed by atoms with Crippen LogP contribution in [-0.4, -0.2) is 85.7 Å². The molecule has 13 nitrogen and oxygen atoms in total. The van der Waals surface area contributed by atoms with Gasteiger partial charge >= 0.3 is 6.09 Å². The molecule has 1 aliphatic heterocycles. The molecule has 13 heteroatoms. The van der Waals surface area contributed by atoms with Gasteiger partial charge in [0.25, 0.3) is 5.91 Å². The quantitative estimate of drug-likeness (QED) is 0.445. The third kappa shape index (κ3) is 5.58. The maximum absolute atomic E-state index is 12.9. The molecule has 0 aliphatic carbocycles. The fourth-order valence-corrected chi connectivity index (χ4v) is 3.57. The first-order valence-electron chi connectivity index (χ1n) is 11.1. The van der Waals surface area contributed by atoms with Gasteiger partial charge in [-0.2, -0.15) is 0 Å². The molecule has 3 aromatic rings. The molecule has 4 heterocycles. The van der Waals surface area contributed by atoms with Crippen molar-refractivity contribution in [3.8, 4) is 11.5 Å². The summed E-state index contributed by atoms with van der Waals surface area (Å²) in [6.07, 6.45) is 1.86. The molecule has 3 aromatic heterocycles. The van der Waals surface area contributed by atoms with Gasteiger partial charge in [0.15, 0.2) is 0 Å². The van der Waals surface area contributed by atoms with Crippen LogP contribution in [0.15, 0.2) is 30.5 Å². The number of rotatable bonds is 8. The number of carbonyl (C=O) groups is 2. The topological polar surface area (TPSA) is 157 Å². The molecule has 184 valence electrons. The van der Waals surface area contributed by atoms with Gasteiger partial charge in [-0.25, -0.2) is 14.5 Å². The fraction of sp³-hybridized carbons (Fsp3) is 0.409. The first kappa shape index (κ1) is 24.2. The third-order valence-electron chi connectivity index (χ3n) is 5.49. The number of nitrogens with one attached hydrogen (secondary N) is 1. The average molecular weight is 483 g/mol. The van der Waals surface area contributed by atoms with Gasteiger partial charge in [-0.05, 0) is 53.1 Å². The summed E-state index contributed by atoms with van der Waals surface area (Å²) in [5.41, 5.74) is 2.45. The van der Waals surface area contributed by atoms with Gasteiger partial charge in [0.05, 0.1) is 19.3 Å². The van der Waals surface area contributed by atoms with E-state index in [-0.39, 0.29) is 24.9 Å². The normalized spacial score (nSPS) is 13.7. The molecule has 4 rings (SSSR count). The van der Waals surface area contributed by atoms with Crippen LogP contribution >= 0.6 is 0 Å². The molecule has 0 fully saturated rings. The monoisotopic (exact) mass is 482 g/mol. The fourth-order valence-electron chi connectivity index (χ4n) is 3.57. The summed E-state index contributed by atoms with van der Waals surface area (Å²) < 4.78 is 11.6. The first-order valence-corrected chi connectivity index (χ1v) is 11.1. The third-order valence-corrected chi connectivity index (χ3v) is 5.49. The number of ether oxygens (including phenoxy) is 2. The van der Waals surface area contributed by atoms with E-state index in [2.05, 4.69) is 30.8 Å². The van der Waals surface area contributed by atoms with Crippen LogP contribution in [0.1, 0.15) is 34.6 Å². The summed E-state index contributed by atoms with van der Waals surface area (Å²) in [5.74, 6) is 0.217. The van der Waals surface area contributed by atoms with Crippen LogP contribution in [0.5, 0.6) is 0 Å². The smallest absolute Gasteiger partial charge is 0.410 e. The number of hydrogen-bond donors (Lipinski definition) is 2. The Morgan fingerprint density at radius 3 is 2.91 bits per heavy atom. The van der Waals surface area contributed by atoms with E-state index in [0.717, 1.165) is 11.1 Å². The molecule has 0 saturated carbocycles. The second-order valence-corrected chi connectivity index (χ2v) is 7.96. The summed E-state index contributed by atoms with van der Waals surface area (Å²) in [7, 11) is 1.54. The van der Waals surface area contributed by atoms with Crippen molar-refractivity contribution in [2.75, 3.05) is 38.8 Å². The highest BCUT2D eigenvalue weighted by molar-refractivity contribution is 6.02. The van der Waals surface area contributed by atoms with Crippen molar-refractivity contribution in [1.29, 1.82) is 0 Å². The number of aliphatic hydroxyl groups excluding tert-OH is 1. The number of tetrazole rings is 1. The van der Waals surface area contributed by atoms with E-state index in [0.29, 0.717) is 43.5 Å². The summed E-state index contributed by atoms with van der Waals surface area (Å²) in [5, 5.41) is 23.7. The molecule has 0 radical (unpaired) electrons. The van der Waals surface area contributed by atoms with Gasteiger partial charge in [0.2, 0.25) is 5.82 Å². The van der Waals surface area contributed by atoms with E-state index in [4.69, 9.17) is 9.47 Å². The van der Waals surface area contributed by atoms with Gasteiger partial charge in [-0.1, -0.05) is 6.07 Å². The summed E-state index contributed by atoms with van der Waals surface area (Å²) in [6.45, 7) is 2.98. The minimum atomic E-state index is -0.444. The molecule has 2 amide bonds. The first-order chi connectivity index (χ1) is 17.0. The Labute approximate surface area is 201 Å². The molecular weight excluding hydrogens is 456 g/mol. The van der Waals surface area contributed by atoms with Gasteiger partial charge in [-0.3, -0.25) is 9.78 Å². The van der Waals surface area contributed by atoms with Crippen molar-refractivity contribution >= 4 is 17.8 Å². The molecule has 0 unspecified atom stereocenters. The Hall–Kier alpha value is -3.97. The largest absolute Gasteiger partial charge is 0.447 e. The lowest BCUT2D eigenvalue weighted by Gasteiger charge is -2.28. The lowest BCUT2D eigenvalue weighted by molar-refractivity contribution is 0.0688. The van der Waals surface area contributed by atoms with Gasteiger partial charge in [0.1, 0.15) is 23.8 Å². The van der Waals surface area contributed by atoms with Crippen LogP contribution in [0.4, 0.5) is 10.6 Å². The minimum Gasteiger partial charge on any atom is -0.447 e. The molecular formula is C22H26N8O5. The number of pyridine rings is 2. The number of aliphatic hydroxyl groups is 1. The number of hydrogen-bond acceptors (Lipinski definition) is 10. The molecule has 0 spiro atoms. The molecule has 35 heavy (non-hydrogen) atoms. The Bertz CT molecular complexity index is 1200. The van der Waals surface area contributed by atoms with E-state index >= 15 is 0 Å². The molecule has 1 aliphatic rings. The highest BCUT2D eigenvalue weighted by Crippen LogP contribution is 2.21. The van der Waals surface area contributed by atoms with Gasteiger partial charge in [0, 0.05) is 26.4 Å². The Morgan fingerprint density at radius 2 is 2.11 bits per heavy atom. The number of carbonyl (C=O) groups excluding carboxylic acids is 2. The molecule has 1 atom stereocenters. The van der Waals surface area contributed by atoms with Crippen molar-refractivity contribution in [1.82, 2.24) is 35.1 Å². The summed E-state index contributed by atoms with van der Waals surface area (Å²) in [6, 6.07) is 6.40. The molecule has 0 aromatic carbocycles. The summed E-state index contributed by atoms with van der Waals surface area (Å²) in [4.78, 5) is 35.5. The van der Waals surface area contributed by atoms with Crippen molar-refractivity contribution in [2.24, 2.45) is 0 Å². The minimum absolute atomic E-state index is 0.138. The second kappa shape index (κ2) is 11.0. The summed E-state index contributed by atoms with van der Waals surface area (Å²) >= 11 is 0.